The van der Waals surface area contributed by atoms with E-state index in [-0.39, 0.29) is 23.8 Å². The summed E-state index contributed by atoms with van der Waals surface area (Å²) in [5, 5.41) is 14.0. The summed E-state index contributed by atoms with van der Waals surface area (Å²) < 4.78 is 6.64. The molecule has 0 amide bonds. The number of anilines is 1. The van der Waals surface area contributed by atoms with Gasteiger partial charge in [-0.05, 0) is 43.7 Å². The summed E-state index contributed by atoms with van der Waals surface area (Å²) in [5.41, 5.74) is 0.741. The van der Waals surface area contributed by atoms with Gasteiger partial charge in [-0.1, -0.05) is 32.5 Å². The molecule has 1 aliphatic rings. The van der Waals surface area contributed by atoms with Gasteiger partial charge in [0.2, 0.25) is 0 Å². The van der Waals surface area contributed by atoms with Gasteiger partial charge < -0.3 is 14.8 Å². The molecule has 1 aliphatic carbocycles. The Hall–Kier alpha value is -0.633. The molecule has 0 saturated heterocycles. The lowest BCUT2D eigenvalue weighted by Gasteiger charge is -2.40. The van der Waals surface area contributed by atoms with E-state index in [2.05, 4.69) is 49.1 Å². The minimum Gasteiger partial charge on any atom is -0.412 e. The average Bonchev–Trinajstić information content (AvgIpc) is 2.92. The van der Waals surface area contributed by atoms with Gasteiger partial charge in [0.1, 0.15) is 5.82 Å². The first kappa shape index (κ1) is 19.7. The van der Waals surface area contributed by atoms with Crippen LogP contribution in [0.25, 0.3) is 0 Å². The van der Waals surface area contributed by atoms with E-state index in [9.17, 15) is 5.11 Å². The molecule has 1 aromatic rings. The molecule has 0 aromatic carbocycles. The van der Waals surface area contributed by atoms with Crippen molar-refractivity contribution >= 4 is 25.9 Å². The van der Waals surface area contributed by atoms with Crippen molar-refractivity contribution in [3.8, 4) is 0 Å². The van der Waals surface area contributed by atoms with Crippen LogP contribution in [0.5, 0.6) is 0 Å². The summed E-state index contributed by atoms with van der Waals surface area (Å²) in [6.07, 6.45) is 7.19. The van der Waals surface area contributed by atoms with Crippen molar-refractivity contribution in [2.75, 3.05) is 11.6 Å². The van der Waals surface area contributed by atoms with E-state index in [4.69, 9.17) is 4.43 Å². The normalized spacial score (nSPS) is 22.0. The molecule has 1 heterocycles. The summed E-state index contributed by atoms with van der Waals surface area (Å²) in [7, 11) is -1.79. The fraction of sp³-hybridized carbons (Fsp3) is 0.765. The molecule has 2 rings (SSSR count). The van der Waals surface area contributed by atoms with Crippen LogP contribution in [0, 0.1) is 0 Å². The molecule has 136 valence electrons. The minimum absolute atomic E-state index is 0.0581. The van der Waals surface area contributed by atoms with Gasteiger partial charge >= 0.3 is 0 Å². The minimum atomic E-state index is -1.79. The van der Waals surface area contributed by atoms with Crippen LogP contribution in [0.2, 0.25) is 18.1 Å². The van der Waals surface area contributed by atoms with Crippen LogP contribution in [-0.2, 0) is 11.0 Å². The number of aliphatic hydroxyl groups is 1. The third-order valence-corrected chi connectivity index (χ3v) is 10.3. The lowest BCUT2D eigenvalue weighted by molar-refractivity contribution is 0.177. The maximum absolute atomic E-state index is 9.56. The van der Waals surface area contributed by atoms with Crippen LogP contribution in [0.1, 0.15) is 45.6 Å². The first-order valence-electron chi connectivity index (χ1n) is 8.63. The smallest absolute Gasteiger partial charge is 0.192 e. The fourth-order valence-corrected chi connectivity index (χ4v) is 4.43. The zero-order valence-electron chi connectivity index (χ0n) is 15.7. The molecule has 1 aromatic heterocycles. The second-order valence-electron chi connectivity index (χ2n) is 7.99. The zero-order valence-corrected chi connectivity index (χ0v) is 17.5. The number of aromatic nitrogens is 2. The number of thioether (sulfide) groups is 1. The highest BCUT2D eigenvalue weighted by molar-refractivity contribution is 7.98. The average molecular weight is 370 g/mol. The second kappa shape index (κ2) is 7.72. The summed E-state index contributed by atoms with van der Waals surface area (Å²) in [6.45, 7) is 11.4. The van der Waals surface area contributed by atoms with Gasteiger partial charge in [0.15, 0.2) is 13.5 Å². The predicted octanol–water partition coefficient (Wildman–Crippen LogP) is 4.05. The van der Waals surface area contributed by atoms with Crippen molar-refractivity contribution in [2.45, 2.75) is 82.1 Å². The molecule has 2 N–H and O–H groups in total. The predicted molar refractivity (Wildman–Crippen MR) is 103 cm³/mol. The van der Waals surface area contributed by atoms with E-state index in [1.165, 1.54) is 11.8 Å². The maximum Gasteiger partial charge on any atom is 0.192 e. The van der Waals surface area contributed by atoms with Crippen LogP contribution in [0.3, 0.4) is 0 Å². The van der Waals surface area contributed by atoms with E-state index in [0.29, 0.717) is 0 Å². The van der Waals surface area contributed by atoms with E-state index >= 15 is 0 Å². The summed E-state index contributed by atoms with van der Waals surface area (Å²) in [6, 6.07) is 0.244. The van der Waals surface area contributed by atoms with Crippen LogP contribution < -0.4 is 5.32 Å². The standard InChI is InChI=1S/C17H31N3O2SSi/c1-17(2,3)24(5,6)22-14-9-7-8-13(14)19-15-12(11-21)10-18-16(20-15)23-4/h10,13-14,21H,7-9,11H2,1-6H3,(H,18,19,20). The van der Waals surface area contributed by atoms with E-state index in [1.54, 1.807) is 6.20 Å². The van der Waals surface area contributed by atoms with Crippen molar-refractivity contribution in [3.63, 3.8) is 0 Å². The molecule has 2 unspecified atom stereocenters. The molecular weight excluding hydrogens is 338 g/mol. The van der Waals surface area contributed by atoms with E-state index in [1.807, 2.05) is 6.26 Å². The van der Waals surface area contributed by atoms with Crippen molar-refractivity contribution in [2.24, 2.45) is 0 Å². The Kier molecular flexibility index (Phi) is 6.33. The Morgan fingerprint density at radius 2 is 2.08 bits per heavy atom. The van der Waals surface area contributed by atoms with Crippen molar-refractivity contribution in [1.29, 1.82) is 0 Å². The Balaban J connectivity index is 2.14. The van der Waals surface area contributed by atoms with Crippen molar-refractivity contribution in [1.82, 2.24) is 9.97 Å². The SMILES string of the molecule is CSc1ncc(CO)c(NC2CCCC2O[Si](C)(C)C(C)(C)C)n1. The maximum atomic E-state index is 9.56. The Morgan fingerprint density at radius 1 is 1.38 bits per heavy atom. The Bertz CT molecular complexity index is 563. The lowest BCUT2D eigenvalue weighted by atomic mass is 10.2. The highest BCUT2D eigenvalue weighted by Gasteiger charge is 2.42. The third-order valence-electron chi connectivity index (χ3n) is 5.22. The van der Waals surface area contributed by atoms with Gasteiger partial charge in [-0.2, -0.15) is 0 Å². The number of hydrogen-bond acceptors (Lipinski definition) is 6. The number of hydrogen-bond donors (Lipinski definition) is 2. The van der Waals surface area contributed by atoms with Crippen molar-refractivity contribution < 1.29 is 9.53 Å². The summed E-state index contributed by atoms with van der Waals surface area (Å²) in [4.78, 5) is 8.78. The van der Waals surface area contributed by atoms with Crippen molar-refractivity contribution in [3.05, 3.63) is 11.8 Å². The highest BCUT2D eigenvalue weighted by Crippen LogP contribution is 2.40. The van der Waals surface area contributed by atoms with Crippen LogP contribution >= 0.6 is 11.8 Å². The molecule has 2 atom stereocenters. The van der Waals surface area contributed by atoms with Crippen LogP contribution in [0.15, 0.2) is 11.4 Å². The van der Waals surface area contributed by atoms with Gasteiger partial charge in [-0.3, -0.25) is 0 Å². The van der Waals surface area contributed by atoms with Crippen LogP contribution in [0.4, 0.5) is 5.82 Å². The third kappa shape index (κ3) is 4.50. The quantitative estimate of drug-likeness (QED) is 0.448. The molecular formula is C17H31N3O2SSi. The molecule has 24 heavy (non-hydrogen) atoms. The molecule has 0 radical (unpaired) electrons. The monoisotopic (exact) mass is 369 g/mol. The lowest BCUT2D eigenvalue weighted by Crippen LogP contribution is -2.47. The topological polar surface area (TPSA) is 67.3 Å². The van der Waals surface area contributed by atoms with E-state index in [0.717, 1.165) is 35.8 Å². The summed E-state index contributed by atoms with van der Waals surface area (Å²) in [5.74, 6) is 0.743. The van der Waals surface area contributed by atoms with Gasteiger partial charge in [0.05, 0.1) is 18.8 Å². The molecule has 0 spiro atoms. The Labute approximate surface area is 151 Å². The first-order chi connectivity index (χ1) is 11.2. The number of nitrogens with one attached hydrogen (secondary N) is 1. The van der Waals surface area contributed by atoms with Gasteiger partial charge in [0, 0.05) is 11.8 Å². The van der Waals surface area contributed by atoms with Gasteiger partial charge in [-0.25, -0.2) is 9.97 Å². The number of aliphatic hydroxyl groups excluding tert-OH is 1. The fourth-order valence-electron chi connectivity index (χ4n) is 2.69. The largest absolute Gasteiger partial charge is 0.412 e. The molecule has 0 bridgehead atoms. The molecule has 1 fully saturated rings. The van der Waals surface area contributed by atoms with E-state index < -0.39 is 8.32 Å². The molecule has 1 saturated carbocycles. The Morgan fingerprint density at radius 3 is 2.67 bits per heavy atom. The number of rotatable bonds is 6. The summed E-state index contributed by atoms with van der Waals surface area (Å²) >= 11 is 1.51. The van der Waals surface area contributed by atoms with Crippen LogP contribution in [-0.4, -0.2) is 41.8 Å². The first-order valence-corrected chi connectivity index (χ1v) is 12.8. The molecule has 5 nitrogen and oxygen atoms in total. The zero-order chi connectivity index (χ0) is 18.0. The van der Waals surface area contributed by atoms with Gasteiger partial charge in [0.25, 0.3) is 0 Å². The highest BCUT2D eigenvalue weighted by atomic mass is 32.2. The molecule has 0 aliphatic heterocycles. The second-order valence-corrected chi connectivity index (χ2v) is 13.5. The number of nitrogens with zero attached hydrogens (tertiary/aromatic N) is 2. The van der Waals surface area contributed by atoms with Gasteiger partial charge in [-0.15, -0.1) is 0 Å². The molecule has 7 heteroatoms.